The van der Waals surface area contributed by atoms with Crippen molar-refractivity contribution in [2.24, 2.45) is 17.3 Å². The van der Waals surface area contributed by atoms with Gasteiger partial charge in [0.05, 0.1) is 46.2 Å². The van der Waals surface area contributed by atoms with E-state index in [1.165, 1.54) is 6.42 Å². The molecule has 0 saturated heterocycles. The summed E-state index contributed by atoms with van der Waals surface area (Å²) in [4.78, 5) is 23.1. The summed E-state index contributed by atoms with van der Waals surface area (Å²) in [6, 6.07) is 4.10. The van der Waals surface area contributed by atoms with E-state index < -0.39 is 5.60 Å². The molecule has 0 spiro atoms. The third kappa shape index (κ3) is 3.36. The van der Waals surface area contributed by atoms with Crippen LogP contribution in [0.2, 0.25) is 0 Å². The highest BCUT2D eigenvalue weighted by molar-refractivity contribution is 7.13. The van der Waals surface area contributed by atoms with E-state index in [1.54, 1.807) is 29.9 Å². The van der Waals surface area contributed by atoms with Gasteiger partial charge in [-0.25, -0.2) is 0 Å². The van der Waals surface area contributed by atoms with Gasteiger partial charge in [-0.15, -0.1) is 11.3 Å². The van der Waals surface area contributed by atoms with Gasteiger partial charge in [0.25, 0.3) is 0 Å². The predicted molar refractivity (Wildman–Crippen MR) is 122 cm³/mol. The number of carbonyl (C=O) groups excluding carboxylic acids is 1. The van der Waals surface area contributed by atoms with Crippen molar-refractivity contribution in [2.75, 3.05) is 6.54 Å². The maximum absolute atomic E-state index is 13.3. The van der Waals surface area contributed by atoms with Crippen LogP contribution >= 0.6 is 11.3 Å². The van der Waals surface area contributed by atoms with E-state index in [2.05, 4.69) is 26.4 Å². The molecule has 4 bridgehead atoms. The van der Waals surface area contributed by atoms with E-state index in [0.717, 1.165) is 47.5 Å². The second-order valence-electron chi connectivity index (χ2n) is 9.92. The van der Waals surface area contributed by atoms with Crippen LogP contribution in [0.5, 0.6) is 0 Å². The molecule has 1 amide bonds. The second kappa shape index (κ2) is 7.49. The summed E-state index contributed by atoms with van der Waals surface area (Å²) >= 11 is 1.66. The number of nitrogens with one attached hydrogen (secondary N) is 1. The lowest BCUT2D eigenvalue weighted by Crippen LogP contribution is -2.60. The number of hydrogen-bond acceptors (Lipinski definition) is 6. The fourth-order valence-corrected chi connectivity index (χ4v) is 7.58. The summed E-state index contributed by atoms with van der Waals surface area (Å²) in [5, 5.41) is 20.8. The van der Waals surface area contributed by atoms with Crippen LogP contribution in [-0.2, 0) is 11.3 Å². The van der Waals surface area contributed by atoms with Crippen LogP contribution in [0, 0.1) is 17.3 Å². The van der Waals surface area contributed by atoms with Gasteiger partial charge in [-0.3, -0.25) is 19.4 Å². The Morgan fingerprint density at radius 3 is 2.75 bits per heavy atom. The molecule has 0 radical (unpaired) electrons. The van der Waals surface area contributed by atoms with Crippen molar-refractivity contribution in [1.82, 2.24) is 25.1 Å². The first-order valence-electron chi connectivity index (χ1n) is 11.4. The van der Waals surface area contributed by atoms with Crippen molar-refractivity contribution in [3.8, 4) is 21.8 Å². The van der Waals surface area contributed by atoms with Gasteiger partial charge in [0, 0.05) is 24.5 Å². The Bertz CT molecular complexity index is 1110. The monoisotopic (exact) mass is 449 g/mol. The van der Waals surface area contributed by atoms with Crippen LogP contribution in [0.4, 0.5) is 0 Å². The SMILES string of the molecule is O=C(NCCn1ncc(-c2cnccn2)c1-c1cccs1)C12C[C@H]3C[C@@H](CC(O)(C3)C1)C2. The predicted octanol–water partition coefficient (Wildman–Crippen LogP) is 3.52. The van der Waals surface area contributed by atoms with Crippen molar-refractivity contribution >= 4 is 17.2 Å². The van der Waals surface area contributed by atoms with Crippen LogP contribution in [0.3, 0.4) is 0 Å². The molecule has 8 heteroatoms. The van der Waals surface area contributed by atoms with Crippen LogP contribution < -0.4 is 5.32 Å². The minimum atomic E-state index is -0.624. The van der Waals surface area contributed by atoms with E-state index in [4.69, 9.17) is 0 Å². The molecule has 7 rings (SSSR count). The molecule has 32 heavy (non-hydrogen) atoms. The molecule has 4 aliphatic carbocycles. The Hall–Kier alpha value is -2.58. The second-order valence-corrected chi connectivity index (χ2v) is 10.9. The molecule has 4 aliphatic rings. The Kier molecular flexibility index (Phi) is 4.69. The fraction of sp³-hybridized carbons (Fsp3) is 0.500. The van der Waals surface area contributed by atoms with Crippen LogP contribution in [0.1, 0.15) is 38.5 Å². The summed E-state index contributed by atoms with van der Waals surface area (Å²) < 4.78 is 1.95. The minimum absolute atomic E-state index is 0.115. The van der Waals surface area contributed by atoms with Crippen LogP contribution in [-0.4, -0.2) is 42.9 Å². The zero-order chi connectivity index (χ0) is 21.8. The molecule has 3 heterocycles. The molecule has 7 nitrogen and oxygen atoms in total. The van der Waals surface area contributed by atoms with Crippen molar-refractivity contribution in [3.05, 3.63) is 42.3 Å². The fourth-order valence-electron chi connectivity index (χ4n) is 6.80. The third-order valence-electron chi connectivity index (χ3n) is 7.55. The first-order valence-corrected chi connectivity index (χ1v) is 12.3. The zero-order valence-electron chi connectivity index (χ0n) is 17.9. The van der Waals surface area contributed by atoms with Crippen LogP contribution in [0.25, 0.3) is 21.8 Å². The van der Waals surface area contributed by atoms with Gasteiger partial charge in [0.1, 0.15) is 0 Å². The molecule has 2 N–H and O–H groups in total. The lowest BCUT2D eigenvalue weighted by molar-refractivity contribution is -0.178. The summed E-state index contributed by atoms with van der Waals surface area (Å²) in [7, 11) is 0. The van der Waals surface area contributed by atoms with E-state index >= 15 is 0 Å². The summed E-state index contributed by atoms with van der Waals surface area (Å²) in [6.07, 6.45) is 12.3. The highest BCUT2D eigenvalue weighted by Crippen LogP contribution is 2.61. The van der Waals surface area contributed by atoms with E-state index in [9.17, 15) is 9.90 Å². The normalized spacial score (nSPS) is 30.5. The lowest BCUT2D eigenvalue weighted by Gasteiger charge is -2.59. The van der Waals surface area contributed by atoms with Gasteiger partial charge in [-0.1, -0.05) is 6.07 Å². The maximum atomic E-state index is 13.3. The highest BCUT2D eigenvalue weighted by Gasteiger charge is 2.60. The topological polar surface area (TPSA) is 92.9 Å². The van der Waals surface area contributed by atoms with Gasteiger partial charge in [0.15, 0.2) is 0 Å². The number of thiophene rings is 1. The first-order chi connectivity index (χ1) is 15.5. The smallest absolute Gasteiger partial charge is 0.226 e. The number of aromatic nitrogens is 4. The Balaban J connectivity index is 1.20. The van der Waals surface area contributed by atoms with Crippen LogP contribution in [0.15, 0.2) is 42.3 Å². The quantitative estimate of drug-likeness (QED) is 0.601. The molecule has 0 aliphatic heterocycles. The molecule has 4 fully saturated rings. The summed E-state index contributed by atoms with van der Waals surface area (Å²) in [5.41, 5.74) is 1.72. The van der Waals surface area contributed by atoms with Crippen molar-refractivity contribution in [1.29, 1.82) is 0 Å². The number of carbonyl (C=O) groups is 1. The molecule has 2 atom stereocenters. The van der Waals surface area contributed by atoms with E-state index in [0.29, 0.717) is 31.3 Å². The van der Waals surface area contributed by atoms with Gasteiger partial charge >= 0.3 is 0 Å². The third-order valence-corrected chi connectivity index (χ3v) is 8.43. The highest BCUT2D eigenvalue weighted by atomic mass is 32.1. The molecule has 4 saturated carbocycles. The average Bonchev–Trinajstić information content (AvgIpc) is 3.42. The number of hydrogen-bond donors (Lipinski definition) is 2. The Morgan fingerprint density at radius 1 is 1.22 bits per heavy atom. The first kappa shape index (κ1) is 20.1. The van der Waals surface area contributed by atoms with Crippen molar-refractivity contribution in [2.45, 2.75) is 50.7 Å². The van der Waals surface area contributed by atoms with Gasteiger partial charge in [0.2, 0.25) is 5.91 Å². The standard InChI is InChI=1S/C24H27N5O2S/c30-22(23-9-16-8-17(10-23)12-24(31,11-16)15-23)27-5-6-29-21(20-2-1-7-32-20)18(13-28-29)19-14-25-3-4-26-19/h1-4,7,13-14,16-17,31H,5-6,8-12,15H2,(H,27,30)/t16-,17-,23?,24?/m1/s1. The molecule has 0 aromatic carbocycles. The summed E-state index contributed by atoms with van der Waals surface area (Å²) in [5.74, 6) is 1.11. The average molecular weight is 450 g/mol. The number of aliphatic hydroxyl groups is 1. The molecule has 3 aromatic rings. The molecular formula is C24H27N5O2S. The van der Waals surface area contributed by atoms with Crippen molar-refractivity contribution in [3.63, 3.8) is 0 Å². The van der Waals surface area contributed by atoms with Gasteiger partial charge in [-0.2, -0.15) is 5.10 Å². The molecular weight excluding hydrogens is 422 g/mol. The van der Waals surface area contributed by atoms with Crippen molar-refractivity contribution < 1.29 is 9.90 Å². The molecule has 166 valence electrons. The largest absolute Gasteiger partial charge is 0.390 e. The number of rotatable bonds is 6. The number of nitrogens with zero attached hydrogens (tertiary/aromatic N) is 4. The summed E-state index contributed by atoms with van der Waals surface area (Å²) in [6.45, 7) is 1.08. The zero-order valence-corrected chi connectivity index (χ0v) is 18.7. The van der Waals surface area contributed by atoms with Gasteiger partial charge < -0.3 is 10.4 Å². The lowest BCUT2D eigenvalue weighted by atomic mass is 9.47. The van der Waals surface area contributed by atoms with Gasteiger partial charge in [-0.05, 0) is 61.8 Å². The maximum Gasteiger partial charge on any atom is 0.226 e. The minimum Gasteiger partial charge on any atom is -0.390 e. The Morgan fingerprint density at radius 2 is 2.06 bits per heavy atom. The van der Waals surface area contributed by atoms with E-state index in [1.807, 2.05) is 22.3 Å². The molecule has 3 aromatic heterocycles. The van der Waals surface area contributed by atoms with E-state index in [-0.39, 0.29) is 11.3 Å². The Labute approximate surface area is 190 Å². The number of amides is 1. The molecule has 0 unspecified atom stereocenters.